The van der Waals surface area contributed by atoms with Crippen LogP contribution in [-0.2, 0) is 52.6 Å². The van der Waals surface area contributed by atoms with Gasteiger partial charge < -0.3 is 30.0 Å². The van der Waals surface area contributed by atoms with Gasteiger partial charge in [0.15, 0.2) is 11.6 Å². The van der Waals surface area contributed by atoms with Crippen molar-refractivity contribution in [3.8, 4) is 0 Å². The van der Waals surface area contributed by atoms with Gasteiger partial charge in [0.2, 0.25) is 11.8 Å². The van der Waals surface area contributed by atoms with Gasteiger partial charge in [0, 0.05) is 25.7 Å². The fraction of sp³-hybridized carbons (Fsp3) is 0.680. The molecule has 39 heavy (non-hydrogen) atoms. The number of carbonyl (C=O) groups excluding carboxylic acids is 7. The number of rotatable bonds is 16. The van der Waals surface area contributed by atoms with E-state index in [1.54, 1.807) is 20.8 Å². The van der Waals surface area contributed by atoms with Crippen LogP contribution in [0, 0.1) is 11.8 Å². The van der Waals surface area contributed by atoms with Crippen molar-refractivity contribution in [2.24, 2.45) is 11.8 Å². The summed E-state index contributed by atoms with van der Waals surface area (Å²) < 4.78 is 13.5. The zero-order valence-electron chi connectivity index (χ0n) is 23.5. The Hall–Kier alpha value is -3.84. The van der Waals surface area contributed by atoms with E-state index < -0.39 is 71.7 Å². The maximum Gasteiger partial charge on any atom is 0.308 e. The Morgan fingerprint density at radius 1 is 0.615 bits per heavy atom. The average molecular weight is 561 g/mol. The minimum atomic E-state index is -1.19. The third-order valence-electron chi connectivity index (χ3n) is 5.29. The van der Waals surface area contributed by atoms with Crippen LogP contribution in [0.3, 0.4) is 0 Å². The number of esters is 3. The zero-order chi connectivity index (χ0) is 30.7. The van der Waals surface area contributed by atoms with Crippen molar-refractivity contribution in [1.29, 1.82) is 0 Å². The first-order valence-corrected chi connectivity index (χ1v) is 12.2. The summed E-state index contributed by atoms with van der Waals surface area (Å²) >= 11 is 0. The molecule has 2 amide bonds. The van der Waals surface area contributed by atoms with E-state index in [4.69, 9.17) is 5.11 Å². The second-order valence-corrected chi connectivity index (χ2v) is 8.51. The molecule has 14 heteroatoms. The van der Waals surface area contributed by atoms with Gasteiger partial charge in [-0.05, 0) is 0 Å². The van der Waals surface area contributed by atoms with Gasteiger partial charge in [-0.15, -0.1) is 0 Å². The summed E-state index contributed by atoms with van der Waals surface area (Å²) in [5.74, 6) is -5.84. The number of methoxy groups -OCH3 is 3. The van der Waals surface area contributed by atoms with Crippen molar-refractivity contribution >= 4 is 47.3 Å². The number of nitrogens with one attached hydrogen (secondary N) is 2. The molecule has 0 bridgehead atoms. The number of ether oxygens (including phenoxy) is 3. The fourth-order valence-corrected chi connectivity index (χ4v) is 2.97. The molecule has 0 saturated heterocycles. The highest BCUT2D eigenvalue weighted by atomic mass is 16.5. The van der Waals surface area contributed by atoms with E-state index in [1.807, 2.05) is 0 Å². The van der Waals surface area contributed by atoms with Crippen LogP contribution in [0.4, 0.5) is 0 Å². The van der Waals surface area contributed by atoms with Gasteiger partial charge in [0.1, 0.15) is 0 Å². The van der Waals surface area contributed by atoms with Crippen LogP contribution in [0.15, 0.2) is 0 Å². The molecule has 4 atom stereocenters. The molecule has 0 unspecified atom stereocenters. The van der Waals surface area contributed by atoms with Gasteiger partial charge in [-0.1, -0.05) is 27.7 Å². The number of ketones is 2. The molecular weight excluding hydrogens is 520 g/mol. The molecule has 0 aliphatic heterocycles. The van der Waals surface area contributed by atoms with Crippen LogP contribution in [0.2, 0.25) is 0 Å². The molecule has 14 nitrogen and oxygen atoms in total. The highest BCUT2D eigenvalue weighted by Gasteiger charge is 2.28. The maximum absolute atomic E-state index is 12.0. The lowest BCUT2D eigenvalue weighted by Crippen LogP contribution is -2.43. The van der Waals surface area contributed by atoms with Gasteiger partial charge in [-0.2, -0.15) is 0 Å². The number of amides is 2. The summed E-state index contributed by atoms with van der Waals surface area (Å²) in [6, 6.07) is -2.10. The number of Topliss-reactive ketones (excluding diaryl/α,β-unsaturated/α-hetero) is 2. The topological polar surface area (TPSA) is 209 Å². The molecule has 0 rings (SSSR count). The van der Waals surface area contributed by atoms with Crippen molar-refractivity contribution in [2.45, 2.75) is 78.3 Å². The van der Waals surface area contributed by atoms with Crippen LogP contribution in [0.25, 0.3) is 0 Å². The molecule has 0 aromatic heterocycles. The largest absolute Gasteiger partial charge is 0.481 e. The predicted octanol–water partition coefficient (Wildman–Crippen LogP) is 0.337. The summed E-state index contributed by atoms with van der Waals surface area (Å²) in [6.07, 6.45) is -0.701. The first kappa shape index (κ1) is 37.3. The lowest BCUT2D eigenvalue weighted by molar-refractivity contribution is -0.147. The van der Waals surface area contributed by atoms with E-state index in [1.165, 1.54) is 28.3 Å². The predicted molar refractivity (Wildman–Crippen MR) is 135 cm³/mol. The minimum Gasteiger partial charge on any atom is -0.481 e. The standard InChI is InChI=1S/C13H21NO6.C12H19NO6/c1-5-11(16)14-9(7-12(17)19-3)10(15)6-8(2)13(18)20-4;1-4-10(15)13-8(6-11(16)17)9(14)5-7(2)12(18)19-3/h8-9H,5-7H2,1-4H3,(H,14,16);7-8H,4-6H2,1-3H3,(H,13,15)(H,16,17)/t8-,9-;7-,8-/m11/s1. The SMILES string of the molecule is CCC(=O)N[C@H](CC(=O)O)C(=O)C[C@@H](C)C(=O)OC.CCC(=O)N[C@H](CC(=O)OC)C(=O)C[C@@H](C)C(=O)OC. The molecule has 0 aromatic carbocycles. The highest BCUT2D eigenvalue weighted by Crippen LogP contribution is 2.10. The highest BCUT2D eigenvalue weighted by molar-refractivity contribution is 5.94. The molecular formula is C25H40N2O12. The van der Waals surface area contributed by atoms with E-state index in [0.717, 1.165) is 0 Å². The molecule has 0 spiro atoms. The van der Waals surface area contributed by atoms with Crippen molar-refractivity contribution in [3.05, 3.63) is 0 Å². The Morgan fingerprint density at radius 3 is 1.26 bits per heavy atom. The molecule has 0 fully saturated rings. The summed E-state index contributed by atoms with van der Waals surface area (Å²) in [5, 5.41) is 13.5. The monoisotopic (exact) mass is 560 g/mol. The number of carboxylic acid groups (broad SMARTS) is 1. The molecule has 0 heterocycles. The minimum absolute atomic E-state index is 0.113. The summed E-state index contributed by atoms with van der Waals surface area (Å²) in [7, 11) is 3.63. The van der Waals surface area contributed by atoms with E-state index >= 15 is 0 Å². The van der Waals surface area contributed by atoms with E-state index in [-0.39, 0.29) is 38.0 Å². The molecule has 3 N–H and O–H groups in total. The second kappa shape index (κ2) is 20.2. The molecule has 0 saturated carbocycles. The second-order valence-electron chi connectivity index (χ2n) is 8.51. The normalized spacial score (nSPS) is 13.1. The van der Waals surface area contributed by atoms with Gasteiger partial charge in [0.05, 0.1) is 58.1 Å². The van der Waals surface area contributed by atoms with Gasteiger partial charge in [-0.25, -0.2) is 0 Å². The average Bonchev–Trinajstić information content (AvgIpc) is 2.90. The molecule has 0 aromatic rings. The van der Waals surface area contributed by atoms with Crippen LogP contribution >= 0.6 is 0 Å². The molecule has 0 aliphatic rings. The van der Waals surface area contributed by atoms with Crippen LogP contribution in [0.1, 0.15) is 66.2 Å². The summed E-state index contributed by atoms with van der Waals surface area (Å²) in [4.78, 5) is 90.9. The van der Waals surface area contributed by atoms with Crippen molar-refractivity contribution < 1.29 is 57.7 Å². The Kier molecular flexibility index (Phi) is 19.3. The number of hydrogen-bond acceptors (Lipinski definition) is 11. The Balaban J connectivity index is 0. The van der Waals surface area contributed by atoms with Gasteiger partial charge in [-0.3, -0.25) is 38.4 Å². The van der Waals surface area contributed by atoms with Gasteiger partial charge >= 0.3 is 23.9 Å². The van der Waals surface area contributed by atoms with Crippen molar-refractivity contribution in [3.63, 3.8) is 0 Å². The zero-order valence-corrected chi connectivity index (χ0v) is 23.5. The maximum atomic E-state index is 12.0. The van der Waals surface area contributed by atoms with Crippen molar-refractivity contribution in [2.75, 3.05) is 21.3 Å². The van der Waals surface area contributed by atoms with Gasteiger partial charge in [0.25, 0.3) is 0 Å². The number of hydrogen-bond donors (Lipinski definition) is 3. The Bertz CT molecular complexity index is 868. The summed E-state index contributed by atoms with van der Waals surface area (Å²) in [6.45, 7) is 6.27. The lowest BCUT2D eigenvalue weighted by Gasteiger charge is -2.17. The van der Waals surface area contributed by atoms with Crippen LogP contribution in [-0.4, -0.2) is 85.8 Å². The summed E-state index contributed by atoms with van der Waals surface area (Å²) in [5.41, 5.74) is 0. The Labute approximate surface area is 227 Å². The third-order valence-corrected chi connectivity index (χ3v) is 5.29. The number of carbonyl (C=O) groups is 8. The van der Waals surface area contributed by atoms with Crippen LogP contribution < -0.4 is 10.6 Å². The first-order chi connectivity index (χ1) is 18.2. The smallest absolute Gasteiger partial charge is 0.308 e. The molecule has 0 aliphatic carbocycles. The first-order valence-electron chi connectivity index (χ1n) is 12.2. The molecule has 222 valence electrons. The third kappa shape index (κ3) is 16.6. The fourth-order valence-electron chi connectivity index (χ4n) is 2.97. The number of carboxylic acids is 1. The number of aliphatic carboxylic acids is 1. The Morgan fingerprint density at radius 2 is 0.974 bits per heavy atom. The van der Waals surface area contributed by atoms with E-state index in [9.17, 15) is 38.4 Å². The lowest BCUT2D eigenvalue weighted by atomic mass is 9.98. The molecule has 0 radical (unpaired) electrons. The quantitative estimate of drug-likeness (QED) is 0.172. The van der Waals surface area contributed by atoms with E-state index in [0.29, 0.717) is 0 Å². The van der Waals surface area contributed by atoms with Crippen molar-refractivity contribution in [1.82, 2.24) is 10.6 Å². The van der Waals surface area contributed by atoms with Crippen LogP contribution in [0.5, 0.6) is 0 Å². The van der Waals surface area contributed by atoms with E-state index in [2.05, 4.69) is 24.8 Å².